The Kier molecular flexibility index (Phi) is 4.58. The van der Waals surface area contributed by atoms with Gasteiger partial charge in [0.1, 0.15) is 0 Å². The molecule has 1 N–H and O–H groups in total. The number of hydrogen-bond acceptors (Lipinski definition) is 4. The van der Waals surface area contributed by atoms with Gasteiger partial charge < -0.3 is 14.6 Å². The maximum atomic E-state index is 12.5. The summed E-state index contributed by atoms with van der Waals surface area (Å²) in [4.78, 5) is 18.7. The summed E-state index contributed by atoms with van der Waals surface area (Å²) < 4.78 is 1.79. The number of aromatic nitrogens is 2. The van der Waals surface area contributed by atoms with Crippen LogP contribution in [0.2, 0.25) is 0 Å². The number of anilines is 1. The molecule has 19 heavy (non-hydrogen) atoms. The third-order valence-electron chi connectivity index (χ3n) is 3.79. The summed E-state index contributed by atoms with van der Waals surface area (Å²) in [6.07, 6.45) is 7.50. The van der Waals surface area contributed by atoms with Crippen molar-refractivity contribution in [2.45, 2.75) is 51.6 Å². The van der Waals surface area contributed by atoms with E-state index in [4.69, 9.17) is 0 Å². The predicted octanol–water partition coefficient (Wildman–Crippen LogP) is 1.57. The Bertz CT molecular complexity index is 464. The molecule has 0 amide bonds. The van der Waals surface area contributed by atoms with Crippen molar-refractivity contribution in [2.75, 3.05) is 18.1 Å². The summed E-state index contributed by atoms with van der Waals surface area (Å²) in [6.45, 7) is 4.70. The number of aliphatic hydroxyl groups excluding tert-OH is 1. The molecule has 0 aliphatic heterocycles. The van der Waals surface area contributed by atoms with Crippen molar-refractivity contribution in [2.24, 2.45) is 0 Å². The SMILES string of the molecule is CCC(CC)N(CCO)c1nccn(C2CC2)c1=O. The molecule has 106 valence electrons. The molecule has 0 saturated heterocycles. The fourth-order valence-electron chi connectivity index (χ4n) is 2.55. The molecule has 1 heterocycles. The third kappa shape index (κ3) is 2.97. The summed E-state index contributed by atoms with van der Waals surface area (Å²) >= 11 is 0. The Morgan fingerprint density at radius 2 is 2.16 bits per heavy atom. The maximum absolute atomic E-state index is 12.5. The number of rotatable bonds is 7. The summed E-state index contributed by atoms with van der Waals surface area (Å²) in [6, 6.07) is 0.606. The zero-order valence-electron chi connectivity index (χ0n) is 11.7. The maximum Gasteiger partial charge on any atom is 0.293 e. The Labute approximate surface area is 113 Å². The van der Waals surface area contributed by atoms with Crippen LogP contribution in [0, 0.1) is 0 Å². The van der Waals surface area contributed by atoms with Crippen molar-refractivity contribution < 1.29 is 5.11 Å². The van der Waals surface area contributed by atoms with Crippen LogP contribution in [0.4, 0.5) is 5.82 Å². The molecule has 0 aromatic carbocycles. The average molecular weight is 265 g/mol. The second-order valence-electron chi connectivity index (χ2n) is 5.08. The van der Waals surface area contributed by atoms with Gasteiger partial charge in [-0.15, -0.1) is 0 Å². The lowest BCUT2D eigenvalue weighted by Gasteiger charge is -2.30. The highest BCUT2D eigenvalue weighted by Gasteiger charge is 2.27. The standard InChI is InChI=1S/C14H23N3O2/c1-3-11(4-2)16(9-10-18)13-14(19)17(8-7-15-13)12-5-6-12/h7-8,11-12,18H,3-6,9-10H2,1-2H3. The molecule has 5 heteroatoms. The van der Waals surface area contributed by atoms with Gasteiger partial charge >= 0.3 is 0 Å². The fraction of sp³-hybridized carbons (Fsp3) is 0.714. The van der Waals surface area contributed by atoms with Crippen LogP contribution in [0.3, 0.4) is 0 Å². The lowest BCUT2D eigenvalue weighted by Crippen LogP contribution is -2.42. The first kappa shape index (κ1) is 14.1. The van der Waals surface area contributed by atoms with Gasteiger partial charge in [-0.25, -0.2) is 4.98 Å². The quantitative estimate of drug-likeness (QED) is 0.813. The van der Waals surface area contributed by atoms with E-state index in [1.807, 2.05) is 4.90 Å². The minimum atomic E-state index is -0.0228. The molecule has 1 saturated carbocycles. The molecular weight excluding hydrogens is 242 g/mol. The molecule has 1 aromatic rings. The van der Waals surface area contributed by atoms with Crippen molar-refractivity contribution >= 4 is 5.82 Å². The topological polar surface area (TPSA) is 58.4 Å². The smallest absolute Gasteiger partial charge is 0.293 e. The zero-order valence-corrected chi connectivity index (χ0v) is 11.7. The molecule has 0 unspecified atom stereocenters. The molecule has 1 fully saturated rings. The Morgan fingerprint density at radius 1 is 1.47 bits per heavy atom. The van der Waals surface area contributed by atoms with Crippen molar-refractivity contribution in [3.05, 3.63) is 22.7 Å². The van der Waals surface area contributed by atoms with Gasteiger partial charge in [0.15, 0.2) is 5.82 Å². The van der Waals surface area contributed by atoms with Crippen molar-refractivity contribution in [3.63, 3.8) is 0 Å². The van der Waals surface area contributed by atoms with E-state index in [9.17, 15) is 9.90 Å². The first-order valence-electron chi connectivity index (χ1n) is 7.17. The Morgan fingerprint density at radius 3 is 2.68 bits per heavy atom. The number of aliphatic hydroxyl groups is 1. The molecule has 1 aliphatic carbocycles. The van der Waals surface area contributed by atoms with E-state index in [2.05, 4.69) is 18.8 Å². The van der Waals surface area contributed by atoms with Gasteiger partial charge in [0.05, 0.1) is 6.61 Å². The van der Waals surface area contributed by atoms with Gasteiger partial charge in [0.25, 0.3) is 5.56 Å². The van der Waals surface area contributed by atoms with Crippen LogP contribution in [-0.2, 0) is 0 Å². The van der Waals surface area contributed by atoms with E-state index < -0.39 is 0 Å². The largest absolute Gasteiger partial charge is 0.395 e. The van der Waals surface area contributed by atoms with Crippen molar-refractivity contribution in [3.8, 4) is 0 Å². The third-order valence-corrected chi connectivity index (χ3v) is 3.79. The van der Waals surface area contributed by atoms with E-state index in [1.165, 1.54) is 0 Å². The molecule has 0 spiro atoms. The van der Waals surface area contributed by atoms with Gasteiger partial charge in [-0.05, 0) is 25.7 Å². The lowest BCUT2D eigenvalue weighted by molar-refractivity contribution is 0.295. The van der Waals surface area contributed by atoms with E-state index in [0.29, 0.717) is 18.4 Å². The molecule has 0 bridgehead atoms. The van der Waals surface area contributed by atoms with Gasteiger partial charge in [0, 0.05) is 31.0 Å². The highest BCUT2D eigenvalue weighted by atomic mass is 16.3. The van der Waals surface area contributed by atoms with Gasteiger partial charge in [-0.2, -0.15) is 0 Å². The van der Waals surface area contributed by atoms with Gasteiger partial charge in [-0.3, -0.25) is 4.79 Å². The minimum absolute atomic E-state index is 0.0228. The zero-order chi connectivity index (χ0) is 13.8. The molecule has 2 rings (SSSR count). The van der Waals surface area contributed by atoms with Crippen molar-refractivity contribution in [1.29, 1.82) is 0 Å². The monoisotopic (exact) mass is 265 g/mol. The number of nitrogens with zero attached hydrogens (tertiary/aromatic N) is 3. The van der Waals surface area contributed by atoms with Crippen LogP contribution in [-0.4, -0.2) is 33.9 Å². The molecule has 0 atom stereocenters. The average Bonchev–Trinajstić information content (AvgIpc) is 3.24. The van der Waals surface area contributed by atoms with Crippen molar-refractivity contribution in [1.82, 2.24) is 9.55 Å². The first-order chi connectivity index (χ1) is 9.22. The Hall–Kier alpha value is -1.36. The second-order valence-corrected chi connectivity index (χ2v) is 5.08. The molecule has 1 aliphatic rings. The van der Waals surface area contributed by atoms with E-state index in [0.717, 1.165) is 25.7 Å². The number of hydrogen-bond donors (Lipinski definition) is 1. The summed E-state index contributed by atoms with van der Waals surface area (Å²) in [5.41, 5.74) is -0.0228. The lowest BCUT2D eigenvalue weighted by atomic mass is 10.1. The molecule has 1 aromatic heterocycles. The summed E-state index contributed by atoms with van der Waals surface area (Å²) in [7, 11) is 0. The van der Waals surface area contributed by atoms with Crippen LogP contribution < -0.4 is 10.5 Å². The highest BCUT2D eigenvalue weighted by Crippen LogP contribution is 2.33. The molecular formula is C14H23N3O2. The van der Waals surface area contributed by atoms with E-state index in [-0.39, 0.29) is 18.2 Å². The normalized spacial score (nSPS) is 14.9. The van der Waals surface area contributed by atoms with Gasteiger partial charge in [0.2, 0.25) is 0 Å². The van der Waals surface area contributed by atoms with Crippen LogP contribution in [0.1, 0.15) is 45.6 Å². The van der Waals surface area contributed by atoms with E-state index >= 15 is 0 Å². The van der Waals surface area contributed by atoms with Gasteiger partial charge in [-0.1, -0.05) is 13.8 Å². The highest BCUT2D eigenvalue weighted by molar-refractivity contribution is 5.37. The summed E-state index contributed by atoms with van der Waals surface area (Å²) in [5, 5.41) is 9.24. The molecule has 5 nitrogen and oxygen atoms in total. The minimum Gasteiger partial charge on any atom is -0.395 e. The van der Waals surface area contributed by atoms with Crippen LogP contribution in [0.5, 0.6) is 0 Å². The summed E-state index contributed by atoms with van der Waals surface area (Å²) in [5.74, 6) is 0.483. The second kappa shape index (κ2) is 6.19. The molecule has 0 radical (unpaired) electrons. The Balaban J connectivity index is 2.35. The van der Waals surface area contributed by atoms with E-state index in [1.54, 1.807) is 17.0 Å². The fourth-order valence-corrected chi connectivity index (χ4v) is 2.55. The first-order valence-corrected chi connectivity index (χ1v) is 7.17. The van der Waals surface area contributed by atoms with Crippen LogP contribution in [0.25, 0.3) is 0 Å². The van der Waals surface area contributed by atoms with Crippen LogP contribution >= 0.6 is 0 Å². The van der Waals surface area contributed by atoms with Crippen LogP contribution in [0.15, 0.2) is 17.2 Å². The predicted molar refractivity (Wildman–Crippen MR) is 75.6 cm³/mol.